The number of amides is 3. The van der Waals surface area contributed by atoms with Crippen LogP contribution in [0.15, 0.2) is 0 Å². The third-order valence-corrected chi connectivity index (χ3v) is 7.60. The second kappa shape index (κ2) is 34.5. The van der Waals surface area contributed by atoms with Crippen molar-refractivity contribution in [3.05, 3.63) is 21.3 Å². The van der Waals surface area contributed by atoms with E-state index in [4.69, 9.17) is 10.1 Å². The molecule has 0 aromatic heterocycles. The van der Waals surface area contributed by atoms with Crippen molar-refractivity contribution in [2.45, 2.75) is 114 Å². The zero-order valence-electron chi connectivity index (χ0n) is 28.7. The van der Waals surface area contributed by atoms with Crippen molar-refractivity contribution in [2.24, 2.45) is 0 Å². The molecule has 0 aromatic carbocycles. The summed E-state index contributed by atoms with van der Waals surface area (Å²) in [4.78, 5) is 55.1. The van der Waals surface area contributed by atoms with Crippen LogP contribution in [0, 0.1) is 26.7 Å². The summed E-state index contributed by atoms with van der Waals surface area (Å²) in [5.74, 6) is 0.116. The van der Waals surface area contributed by atoms with E-state index < -0.39 is 23.4 Å². The van der Waals surface area contributed by atoms with Crippen molar-refractivity contribution < 1.29 is 166 Å². The Kier molecular flexibility index (Phi) is 43.2. The summed E-state index contributed by atoms with van der Waals surface area (Å²) in [5.41, 5.74) is -0.661. The first-order valence-corrected chi connectivity index (χ1v) is 15.0. The van der Waals surface area contributed by atoms with Crippen molar-refractivity contribution in [2.75, 3.05) is 19.3 Å². The van der Waals surface area contributed by atoms with Crippen molar-refractivity contribution in [1.29, 1.82) is 5.41 Å². The quantitative estimate of drug-likeness (QED) is 0.0218. The number of carbonyl (C=O) groups is 4. The van der Waals surface area contributed by atoms with Gasteiger partial charge >= 0.3 is 144 Å². The van der Waals surface area contributed by atoms with Crippen LogP contribution in [0.5, 0.6) is 0 Å². The molecule has 14 heteroatoms. The average molecular weight is 880 g/mol. The molecule has 4 unspecified atom stereocenters. The first-order valence-electron chi connectivity index (χ1n) is 13.9. The third kappa shape index (κ3) is 28.6. The third-order valence-electron chi connectivity index (χ3n) is 6.09. The largest absolute Gasteiger partial charge is 1.00 e. The molecule has 0 saturated carbocycles. The molecular weight excluding hydrogens is 824 g/mol. The van der Waals surface area contributed by atoms with Crippen molar-refractivity contribution in [3.63, 3.8) is 0 Å². The Balaban J connectivity index is -0.000000219. The SMILES string of the molecule is CC(C)(C)OC(=O)C(CCC(=O)C=N)N[C-]=O.C[CH-]CCCCNC(=O)CCCCC1SCC(NC=O)C1NC.[CH3-].[CH3-].[Cs+].[Cs+]. The van der Waals surface area contributed by atoms with Crippen LogP contribution < -0.4 is 159 Å². The number of rotatable bonds is 20. The topological polar surface area (TPSA) is 167 Å². The molecule has 1 aliphatic heterocycles. The summed E-state index contributed by atoms with van der Waals surface area (Å²) in [6, 6.07) is -0.360. The van der Waals surface area contributed by atoms with Crippen LogP contribution in [0.3, 0.4) is 0 Å². The smallest absolute Gasteiger partial charge is 0.520 e. The van der Waals surface area contributed by atoms with E-state index in [1.165, 1.54) is 6.41 Å². The second-order valence-corrected chi connectivity index (χ2v) is 11.8. The van der Waals surface area contributed by atoms with Crippen LogP contribution in [-0.4, -0.2) is 85.0 Å². The van der Waals surface area contributed by atoms with E-state index in [0.717, 1.165) is 57.2 Å². The van der Waals surface area contributed by atoms with Gasteiger partial charge in [0.05, 0.1) is 18.3 Å². The first-order chi connectivity index (χ1) is 19.0. The predicted molar refractivity (Wildman–Crippen MR) is 172 cm³/mol. The number of likely N-dealkylation sites (N-methyl/N-ethyl adjacent to an activating group) is 1. The van der Waals surface area contributed by atoms with Gasteiger partial charge in [0.15, 0.2) is 5.78 Å². The number of thioether (sulfide) groups is 1. The fourth-order valence-electron chi connectivity index (χ4n) is 4.06. The average Bonchev–Trinajstić information content (AvgIpc) is 3.29. The van der Waals surface area contributed by atoms with Gasteiger partial charge in [-0.25, -0.2) is 4.79 Å². The predicted octanol–water partition coefficient (Wildman–Crippen LogP) is -2.86. The summed E-state index contributed by atoms with van der Waals surface area (Å²) >= 11 is 1.92. The summed E-state index contributed by atoms with van der Waals surface area (Å²) in [5, 5.41) is 18.6. The number of nitrogens with one attached hydrogen (secondary N) is 5. The van der Waals surface area contributed by atoms with E-state index in [1.54, 1.807) is 20.8 Å². The summed E-state index contributed by atoms with van der Waals surface area (Å²) in [6.07, 6.45) is 12.2. The minimum Gasteiger partial charge on any atom is -0.520 e. The number of carbonyl (C=O) groups excluding carboxylic acids is 5. The van der Waals surface area contributed by atoms with Crippen LogP contribution >= 0.6 is 11.8 Å². The molecule has 3 amide bonds. The van der Waals surface area contributed by atoms with Crippen molar-refractivity contribution in [3.8, 4) is 0 Å². The number of unbranched alkanes of at least 4 members (excludes halogenated alkanes) is 4. The van der Waals surface area contributed by atoms with Crippen LogP contribution in [0.4, 0.5) is 0 Å². The molecule has 11 nitrogen and oxygen atoms in total. The molecule has 4 atom stereocenters. The maximum atomic E-state index is 11.7. The molecule has 1 saturated heterocycles. The first kappa shape index (κ1) is 55.1. The molecule has 246 valence electrons. The zero-order valence-corrected chi connectivity index (χ0v) is 42.1. The number of ether oxygens (including phenoxy) is 1. The Bertz CT molecular complexity index is 790. The molecule has 0 radical (unpaired) electrons. The van der Waals surface area contributed by atoms with E-state index in [2.05, 4.69) is 34.6 Å². The number of esters is 1. The second-order valence-electron chi connectivity index (χ2n) is 10.6. The van der Waals surface area contributed by atoms with E-state index in [1.807, 2.05) is 18.8 Å². The number of Topliss-reactive ketones (excluding diaryl/α,β-unsaturated/α-hetero) is 1. The normalized spacial score (nSPS) is 17.2. The van der Waals surface area contributed by atoms with Gasteiger partial charge in [0.25, 0.3) is 0 Å². The van der Waals surface area contributed by atoms with E-state index in [-0.39, 0.29) is 177 Å². The molecule has 0 aliphatic carbocycles. The minimum atomic E-state index is -0.907. The van der Waals surface area contributed by atoms with E-state index in [9.17, 15) is 24.0 Å². The van der Waals surface area contributed by atoms with Gasteiger partial charge in [0.1, 0.15) is 5.60 Å². The fraction of sp³-hybridized carbons (Fsp3) is 0.700. The summed E-state index contributed by atoms with van der Waals surface area (Å²) < 4.78 is 5.07. The Morgan fingerprint density at radius 3 is 2.30 bits per heavy atom. The van der Waals surface area contributed by atoms with Gasteiger partial charge < -0.3 is 57.5 Å². The van der Waals surface area contributed by atoms with E-state index in [0.29, 0.717) is 23.9 Å². The zero-order chi connectivity index (χ0) is 30.4. The van der Waals surface area contributed by atoms with Gasteiger partial charge in [-0.2, -0.15) is 31.5 Å². The van der Waals surface area contributed by atoms with Crippen molar-refractivity contribution >= 4 is 48.5 Å². The Hall–Kier alpha value is 1.63. The van der Waals surface area contributed by atoms with Gasteiger partial charge in [-0.1, -0.05) is 12.8 Å². The van der Waals surface area contributed by atoms with Crippen molar-refractivity contribution in [1.82, 2.24) is 21.3 Å². The summed E-state index contributed by atoms with van der Waals surface area (Å²) in [7, 11) is 1.95. The van der Waals surface area contributed by atoms with Crippen LogP contribution in [0.1, 0.15) is 85.5 Å². The molecule has 5 N–H and O–H groups in total. The van der Waals surface area contributed by atoms with Gasteiger partial charge in [0, 0.05) is 36.4 Å². The maximum Gasteiger partial charge on any atom is 1.00 e. The van der Waals surface area contributed by atoms with E-state index >= 15 is 0 Å². The number of hydrogen-bond acceptors (Lipinski definition) is 9. The molecule has 1 fully saturated rings. The monoisotopic (exact) mass is 879 g/mol. The molecule has 0 spiro atoms. The van der Waals surface area contributed by atoms with Crippen LogP contribution in [0.2, 0.25) is 0 Å². The minimum absolute atomic E-state index is 0. The van der Waals surface area contributed by atoms with Gasteiger partial charge in [-0.15, -0.1) is 0 Å². The Labute approximate surface area is 389 Å². The number of hydrogen-bond donors (Lipinski definition) is 5. The van der Waals surface area contributed by atoms with Crippen LogP contribution in [0.25, 0.3) is 0 Å². The summed E-state index contributed by atoms with van der Waals surface area (Å²) in [6.45, 7) is 7.98. The molecule has 0 aromatic rings. The maximum absolute atomic E-state index is 11.7. The molecule has 1 rings (SSSR count). The molecule has 0 bridgehead atoms. The Morgan fingerprint density at radius 2 is 1.77 bits per heavy atom. The van der Waals surface area contributed by atoms with Crippen LogP contribution in [-0.2, 0) is 28.7 Å². The molecule has 1 aliphatic rings. The van der Waals surface area contributed by atoms with Gasteiger partial charge in [-0.05, 0) is 53.5 Å². The molecule has 44 heavy (non-hydrogen) atoms. The standard InChI is InChI=1S/C17H32N3O2S.C11H17N2O4.2CH3.2Cs/c1-3-4-5-8-11-19-16(22)10-7-6-9-15-17(18-2)14(12-23-15)20-13-21;1-11(2,3)17-10(16)9(13-7-14)5-4-8(15)6-12;;;;/h3,13-15,17-18H,4-12H2,1-2H3,(H,19,22)(H,20,21);6,9,12H,4-5H2,1-3H3,(H,13,14);2*1H3;;/q4*-1;2*+1. The molecule has 1 heterocycles. The Morgan fingerprint density at radius 1 is 1.11 bits per heavy atom. The fourth-order valence-corrected chi connectivity index (χ4v) is 5.68. The molecular formula is C30H55Cs2N5O6S-2. The number of ketones is 1. The van der Waals surface area contributed by atoms with Gasteiger partial charge in [0.2, 0.25) is 12.3 Å². The van der Waals surface area contributed by atoms with Gasteiger partial charge in [-0.3, -0.25) is 14.4 Å².